The van der Waals surface area contributed by atoms with Crippen molar-refractivity contribution in [3.63, 3.8) is 0 Å². The van der Waals surface area contributed by atoms with Crippen LogP contribution in [0.15, 0.2) is 66.2 Å². The predicted molar refractivity (Wildman–Crippen MR) is 197 cm³/mol. The number of carbonyl (C=O) groups excluding carboxylic acids is 4. The number of phenols is 1. The van der Waals surface area contributed by atoms with Crippen LogP contribution in [-0.4, -0.2) is 51.8 Å². The number of nitrogens with one attached hydrogen (secondary N) is 1. The second-order valence-electron chi connectivity index (χ2n) is 15.1. The number of phenolic OH excluding ortho intramolecular Hbond substituents is 1. The number of rotatable bonds is 6. The second-order valence-corrected chi connectivity index (χ2v) is 15.9. The lowest BCUT2D eigenvalue weighted by Gasteiger charge is -2.50. The molecule has 6 unspecified atom stereocenters. The van der Waals surface area contributed by atoms with E-state index >= 15 is 4.79 Å². The second kappa shape index (κ2) is 13.0. The van der Waals surface area contributed by atoms with Crippen LogP contribution in [0.5, 0.6) is 11.5 Å². The van der Waals surface area contributed by atoms with Crippen LogP contribution >= 0.6 is 23.2 Å². The molecule has 0 radical (unpaired) electrons. The first-order chi connectivity index (χ1) is 25.0. The van der Waals surface area contributed by atoms with Gasteiger partial charge in [-0.1, -0.05) is 78.4 Å². The number of fused-ring (bicyclic) bond motifs is 4. The Morgan fingerprint density at radius 2 is 1.56 bits per heavy atom. The van der Waals surface area contributed by atoms with Crippen LogP contribution in [0.2, 0.25) is 10.0 Å². The number of ether oxygens (including phenoxy) is 1. The molecule has 2 N–H and O–H groups in total. The number of carbonyl (C=O) groups is 4. The molecule has 0 aromatic heterocycles. The third-order valence-electron chi connectivity index (χ3n) is 12.4. The third-order valence-corrected chi connectivity index (χ3v) is 12.9. The van der Waals surface area contributed by atoms with Crippen LogP contribution in [0.4, 0.5) is 5.69 Å². The number of likely N-dealkylation sites (tertiary alicyclic amines) is 1. The number of hydrogen-bond donors (Lipinski definition) is 2. The monoisotopic (exact) mass is 741 g/mol. The Morgan fingerprint density at radius 3 is 2.21 bits per heavy atom. The van der Waals surface area contributed by atoms with Crippen LogP contribution in [0, 0.1) is 37.5 Å². The Bertz CT molecular complexity index is 2020. The number of imide groups is 2. The highest BCUT2D eigenvalue weighted by Crippen LogP contribution is 2.64. The lowest BCUT2D eigenvalue weighted by Crippen LogP contribution is -2.53. The molecule has 270 valence electrons. The van der Waals surface area contributed by atoms with E-state index in [2.05, 4.69) is 11.5 Å². The summed E-state index contributed by atoms with van der Waals surface area (Å²) < 4.78 is 5.49. The van der Waals surface area contributed by atoms with Gasteiger partial charge in [0, 0.05) is 17.0 Å². The van der Waals surface area contributed by atoms with E-state index in [9.17, 15) is 19.5 Å². The fourth-order valence-corrected chi connectivity index (χ4v) is 10.5. The molecule has 3 aromatic rings. The van der Waals surface area contributed by atoms with E-state index in [1.165, 1.54) is 6.07 Å². The topological polar surface area (TPSA) is 116 Å². The summed E-state index contributed by atoms with van der Waals surface area (Å²) in [6.45, 7) is 3.63. The minimum absolute atomic E-state index is 0.110. The predicted octanol–water partition coefficient (Wildman–Crippen LogP) is 7.64. The summed E-state index contributed by atoms with van der Waals surface area (Å²) in [6, 6.07) is 15.7. The first kappa shape index (κ1) is 34.7. The summed E-state index contributed by atoms with van der Waals surface area (Å²) in [5, 5.41) is 12.6. The van der Waals surface area contributed by atoms with Crippen molar-refractivity contribution >= 4 is 52.5 Å². The van der Waals surface area contributed by atoms with Gasteiger partial charge in [0.15, 0.2) is 0 Å². The molecule has 0 bridgehead atoms. The van der Waals surface area contributed by atoms with Gasteiger partial charge in [0.25, 0.3) is 11.8 Å². The number of hydrazine groups is 1. The van der Waals surface area contributed by atoms with Gasteiger partial charge in [0.2, 0.25) is 11.8 Å². The molecule has 9 nitrogen and oxygen atoms in total. The van der Waals surface area contributed by atoms with Gasteiger partial charge < -0.3 is 9.84 Å². The summed E-state index contributed by atoms with van der Waals surface area (Å²) in [5.41, 5.74) is 5.40. The van der Waals surface area contributed by atoms with Gasteiger partial charge in [-0.3, -0.25) is 29.5 Å². The molecular formula is C41H41Cl2N3O6. The number of anilines is 1. The zero-order valence-electron chi connectivity index (χ0n) is 29.3. The number of aryl methyl sites for hydroxylation is 2. The minimum Gasteiger partial charge on any atom is -0.507 e. The van der Waals surface area contributed by atoms with Crippen molar-refractivity contribution in [3.8, 4) is 11.5 Å². The minimum atomic E-state index is -1.46. The van der Waals surface area contributed by atoms with Crippen molar-refractivity contribution in [3.05, 3.63) is 98.5 Å². The van der Waals surface area contributed by atoms with Gasteiger partial charge in [-0.05, 0) is 98.0 Å². The fraction of sp³-hybridized carbons (Fsp3) is 0.415. The SMILES string of the molecule is COc1ccc(C23C(=O)N(Nc4ccc(Cl)cc4Cl)C(=O)C2CC2C(=CCC4C(=O)N(C5CCCCC5)C(=O)C42)C3c2cc(C)c(O)c(C)c2)cc1. The Labute approximate surface area is 312 Å². The van der Waals surface area contributed by atoms with Gasteiger partial charge in [0.1, 0.15) is 11.5 Å². The average Bonchev–Trinajstić information content (AvgIpc) is 3.52. The summed E-state index contributed by atoms with van der Waals surface area (Å²) >= 11 is 12.8. The van der Waals surface area contributed by atoms with Crippen molar-refractivity contribution in [2.24, 2.45) is 23.7 Å². The van der Waals surface area contributed by atoms with Crippen LogP contribution < -0.4 is 10.2 Å². The van der Waals surface area contributed by atoms with Crippen molar-refractivity contribution in [1.29, 1.82) is 0 Å². The molecule has 6 atom stereocenters. The molecule has 3 aliphatic carbocycles. The molecule has 4 amide bonds. The fourth-order valence-electron chi connectivity index (χ4n) is 10.1. The number of allylic oxidation sites excluding steroid dienone is 2. The van der Waals surface area contributed by atoms with Crippen molar-refractivity contribution in [2.75, 3.05) is 12.5 Å². The molecule has 0 spiro atoms. The quantitative estimate of drug-likeness (QED) is 0.197. The van der Waals surface area contributed by atoms with E-state index in [4.69, 9.17) is 27.9 Å². The van der Waals surface area contributed by atoms with Gasteiger partial charge in [-0.15, -0.1) is 0 Å². The lowest BCUT2D eigenvalue weighted by atomic mass is 9.49. The van der Waals surface area contributed by atoms with E-state index in [0.29, 0.717) is 39.6 Å². The average molecular weight is 743 g/mol. The van der Waals surface area contributed by atoms with Crippen LogP contribution in [-0.2, 0) is 24.6 Å². The van der Waals surface area contributed by atoms with Crippen molar-refractivity contribution in [2.45, 2.75) is 76.2 Å². The van der Waals surface area contributed by atoms with Crippen molar-refractivity contribution in [1.82, 2.24) is 9.91 Å². The van der Waals surface area contributed by atoms with Gasteiger partial charge >= 0.3 is 0 Å². The maximum atomic E-state index is 15.4. The van der Waals surface area contributed by atoms with Gasteiger partial charge in [0.05, 0.1) is 41.0 Å². The maximum absolute atomic E-state index is 15.4. The first-order valence-electron chi connectivity index (χ1n) is 18.1. The number of methoxy groups -OCH3 is 1. The highest BCUT2D eigenvalue weighted by Gasteiger charge is 2.70. The molecular weight excluding hydrogens is 701 g/mol. The largest absolute Gasteiger partial charge is 0.507 e. The normalized spacial score (nSPS) is 28.8. The molecule has 5 aliphatic rings. The highest BCUT2D eigenvalue weighted by atomic mass is 35.5. The molecule has 2 saturated carbocycles. The number of benzene rings is 3. The number of nitrogens with zero attached hydrogens (tertiary/aromatic N) is 2. The molecule has 4 fully saturated rings. The molecule has 11 heteroatoms. The number of hydrogen-bond acceptors (Lipinski definition) is 7. The number of aromatic hydroxyl groups is 1. The van der Waals surface area contributed by atoms with E-state index in [1.807, 2.05) is 38.1 Å². The van der Waals surface area contributed by atoms with Crippen LogP contribution in [0.25, 0.3) is 0 Å². The van der Waals surface area contributed by atoms with Gasteiger partial charge in [-0.2, -0.15) is 5.01 Å². The Balaban J connectivity index is 1.33. The molecule has 2 aliphatic heterocycles. The standard InChI is InChI=1S/C41H41Cl2N3O6/c1-21-17-23(18-22(2)36(21)47)35-28-14-15-29-34(39(50)45(37(29)48)26-7-5-4-6-8-26)30(28)20-31-38(49)46(44-33-16-11-25(42)19-32(33)43)40(51)41(31,35)24-9-12-27(52-3)13-10-24/h9-14,16-19,26,29-31,34-35,44,47H,4-8,15,20H2,1-3H3. The highest BCUT2D eigenvalue weighted by molar-refractivity contribution is 6.36. The lowest BCUT2D eigenvalue weighted by molar-refractivity contribution is -0.144. The maximum Gasteiger partial charge on any atom is 0.260 e. The Morgan fingerprint density at radius 1 is 0.865 bits per heavy atom. The molecule has 52 heavy (non-hydrogen) atoms. The summed E-state index contributed by atoms with van der Waals surface area (Å²) in [7, 11) is 1.57. The number of halogens is 2. The zero-order chi connectivity index (χ0) is 36.6. The number of amides is 4. The molecule has 2 heterocycles. The smallest absolute Gasteiger partial charge is 0.260 e. The zero-order valence-corrected chi connectivity index (χ0v) is 30.8. The van der Waals surface area contributed by atoms with E-state index in [1.54, 1.807) is 36.3 Å². The van der Waals surface area contributed by atoms with Crippen LogP contribution in [0.1, 0.15) is 73.1 Å². The molecule has 2 saturated heterocycles. The van der Waals surface area contributed by atoms with Gasteiger partial charge in [-0.25, -0.2) is 0 Å². The van der Waals surface area contributed by atoms with Crippen LogP contribution in [0.3, 0.4) is 0 Å². The first-order valence-corrected chi connectivity index (χ1v) is 18.8. The molecule has 8 rings (SSSR count). The third kappa shape index (κ3) is 5.10. The van der Waals surface area contributed by atoms with E-state index in [-0.39, 0.29) is 35.0 Å². The summed E-state index contributed by atoms with van der Waals surface area (Å²) in [5.74, 6) is -3.70. The van der Waals surface area contributed by atoms with Crippen molar-refractivity contribution < 1.29 is 29.0 Å². The van der Waals surface area contributed by atoms with E-state index in [0.717, 1.165) is 48.2 Å². The Kier molecular flexibility index (Phi) is 8.65. The Hall–Kier alpha value is -4.34. The molecule has 3 aromatic carbocycles. The summed E-state index contributed by atoms with van der Waals surface area (Å²) in [6.07, 6.45) is 7.30. The van der Waals surface area contributed by atoms with E-state index < -0.39 is 46.8 Å². The summed E-state index contributed by atoms with van der Waals surface area (Å²) in [4.78, 5) is 60.6.